The van der Waals surface area contributed by atoms with E-state index in [1.807, 2.05) is 24.1 Å². The first kappa shape index (κ1) is 17.8. The maximum Gasteiger partial charge on any atom is 0.234 e. The molecule has 1 amide bonds. The van der Waals surface area contributed by atoms with Crippen LogP contribution in [0.25, 0.3) is 11.3 Å². The first-order valence-electron chi connectivity index (χ1n) is 8.16. The van der Waals surface area contributed by atoms with E-state index in [1.165, 1.54) is 6.07 Å². The Hall–Kier alpha value is -3.06. The average Bonchev–Trinajstić information content (AvgIpc) is 3.10. The highest BCUT2D eigenvalue weighted by atomic mass is 19.1. The Morgan fingerprint density at radius 3 is 2.77 bits per heavy atom. The molecule has 0 aliphatic rings. The zero-order valence-corrected chi connectivity index (χ0v) is 14.4. The summed E-state index contributed by atoms with van der Waals surface area (Å²) in [5.74, 6) is -0.0343. The van der Waals surface area contributed by atoms with E-state index in [2.05, 4.69) is 15.5 Å². The minimum Gasteiger partial charge on any atom is -0.359 e. The van der Waals surface area contributed by atoms with Crippen molar-refractivity contribution in [3.8, 4) is 11.3 Å². The zero-order chi connectivity index (χ0) is 18.4. The number of carbonyl (C=O) groups excluding carboxylic acids is 1. The topological polar surface area (TPSA) is 71.3 Å². The molecule has 0 aliphatic heterocycles. The number of hydrogen-bond acceptors (Lipinski definition) is 5. The van der Waals surface area contributed by atoms with Gasteiger partial charge in [0.25, 0.3) is 0 Å². The molecule has 3 rings (SSSR count). The van der Waals surface area contributed by atoms with Crippen molar-refractivity contribution in [1.82, 2.24) is 20.4 Å². The molecule has 0 fully saturated rings. The minimum absolute atomic E-state index is 0.134. The summed E-state index contributed by atoms with van der Waals surface area (Å²) in [5.41, 5.74) is 1.85. The summed E-state index contributed by atoms with van der Waals surface area (Å²) in [6.07, 6.45) is 3.45. The highest BCUT2D eigenvalue weighted by molar-refractivity contribution is 5.77. The Morgan fingerprint density at radius 2 is 2.00 bits per heavy atom. The maximum atomic E-state index is 13.8. The van der Waals surface area contributed by atoms with Gasteiger partial charge in [0.1, 0.15) is 11.5 Å². The van der Waals surface area contributed by atoms with Gasteiger partial charge in [-0.05, 0) is 36.9 Å². The summed E-state index contributed by atoms with van der Waals surface area (Å²) >= 11 is 0. The monoisotopic (exact) mass is 354 g/mol. The van der Waals surface area contributed by atoms with Crippen molar-refractivity contribution in [3.05, 3.63) is 72.0 Å². The predicted molar refractivity (Wildman–Crippen MR) is 94.3 cm³/mol. The molecule has 1 N–H and O–H groups in total. The van der Waals surface area contributed by atoms with Gasteiger partial charge in [0.2, 0.25) is 5.91 Å². The van der Waals surface area contributed by atoms with Crippen LogP contribution in [0.1, 0.15) is 11.3 Å². The summed E-state index contributed by atoms with van der Waals surface area (Å²) in [5, 5.41) is 6.63. The Kier molecular flexibility index (Phi) is 5.70. The third kappa shape index (κ3) is 4.73. The molecule has 7 heteroatoms. The van der Waals surface area contributed by atoms with Crippen LogP contribution in [0.5, 0.6) is 0 Å². The fourth-order valence-electron chi connectivity index (χ4n) is 2.53. The van der Waals surface area contributed by atoms with E-state index in [9.17, 15) is 9.18 Å². The van der Waals surface area contributed by atoms with Gasteiger partial charge in [-0.25, -0.2) is 4.39 Å². The summed E-state index contributed by atoms with van der Waals surface area (Å²) < 4.78 is 18.9. The SMILES string of the molecule is CN(CC(=O)NCc1cc(-c2ccccc2F)no1)Cc1ccncc1. The Morgan fingerprint density at radius 1 is 1.23 bits per heavy atom. The van der Waals surface area contributed by atoms with Gasteiger partial charge in [-0.1, -0.05) is 17.3 Å². The van der Waals surface area contributed by atoms with Gasteiger partial charge in [-0.3, -0.25) is 14.7 Å². The van der Waals surface area contributed by atoms with Gasteiger partial charge in [0, 0.05) is 30.6 Å². The van der Waals surface area contributed by atoms with Crippen LogP contribution in [0.15, 0.2) is 59.4 Å². The van der Waals surface area contributed by atoms with Gasteiger partial charge in [-0.2, -0.15) is 0 Å². The second-order valence-electron chi connectivity index (χ2n) is 5.96. The molecule has 0 bridgehead atoms. The lowest BCUT2D eigenvalue weighted by Gasteiger charge is -2.15. The van der Waals surface area contributed by atoms with Gasteiger partial charge in [0.05, 0.1) is 13.1 Å². The number of rotatable bonds is 7. The molecule has 1 aromatic carbocycles. The van der Waals surface area contributed by atoms with Crippen molar-refractivity contribution in [2.75, 3.05) is 13.6 Å². The smallest absolute Gasteiger partial charge is 0.234 e. The molecule has 3 aromatic rings. The zero-order valence-electron chi connectivity index (χ0n) is 14.4. The van der Waals surface area contributed by atoms with Crippen molar-refractivity contribution in [2.45, 2.75) is 13.1 Å². The first-order chi connectivity index (χ1) is 12.6. The third-order valence-corrected chi connectivity index (χ3v) is 3.78. The number of benzene rings is 1. The van der Waals surface area contributed by atoms with E-state index in [0.717, 1.165) is 5.56 Å². The van der Waals surface area contributed by atoms with Crippen LogP contribution in [0.2, 0.25) is 0 Å². The molecule has 0 saturated carbocycles. The maximum absolute atomic E-state index is 13.8. The van der Waals surface area contributed by atoms with E-state index in [-0.39, 0.29) is 24.8 Å². The van der Waals surface area contributed by atoms with E-state index in [4.69, 9.17) is 4.52 Å². The molecule has 6 nitrogen and oxygen atoms in total. The van der Waals surface area contributed by atoms with Crippen molar-refractivity contribution in [2.24, 2.45) is 0 Å². The molecule has 2 aromatic heterocycles. The van der Waals surface area contributed by atoms with Gasteiger partial charge in [0.15, 0.2) is 5.76 Å². The van der Waals surface area contributed by atoms with Gasteiger partial charge in [-0.15, -0.1) is 0 Å². The van der Waals surface area contributed by atoms with Crippen LogP contribution in [0, 0.1) is 5.82 Å². The van der Waals surface area contributed by atoms with Crippen molar-refractivity contribution in [3.63, 3.8) is 0 Å². The summed E-state index contributed by atoms with van der Waals surface area (Å²) in [6.45, 7) is 1.09. The number of likely N-dealkylation sites (N-methyl/N-ethyl adjacent to an activating group) is 1. The van der Waals surface area contributed by atoms with E-state index in [0.29, 0.717) is 23.6 Å². The number of nitrogens with one attached hydrogen (secondary N) is 1. The fourth-order valence-corrected chi connectivity index (χ4v) is 2.53. The summed E-state index contributed by atoms with van der Waals surface area (Å²) in [7, 11) is 1.87. The number of pyridine rings is 1. The molecule has 2 heterocycles. The van der Waals surface area contributed by atoms with E-state index < -0.39 is 0 Å². The van der Waals surface area contributed by atoms with Crippen LogP contribution in [0.4, 0.5) is 4.39 Å². The molecule has 0 saturated heterocycles. The van der Waals surface area contributed by atoms with Gasteiger partial charge < -0.3 is 9.84 Å². The second-order valence-corrected chi connectivity index (χ2v) is 5.96. The quantitative estimate of drug-likeness (QED) is 0.706. The van der Waals surface area contributed by atoms with E-state index >= 15 is 0 Å². The highest BCUT2D eigenvalue weighted by Crippen LogP contribution is 2.21. The molecule has 134 valence electrons. The van der Waals surface area contributed by atoms with Crippen LogP contribution in [0.3, 0.4) is 0 Å². The molecule has 0 spiro atoms. The number of carbonyl (C=O) groups is 1. The lowest BCUT2D eigenvalue weighted by atomic mass is 10.1. The standard InChI is InChI=1S/C19H19FN4O2/c1-24(12-14-6-8-21-9-7-14)13-19(25)22-11-15-10-18(23-26-15)16-4-2-3-5-17(16)20/h2-10H,11-13H2,1H3,(H,22,25). The van der Waals surface area contributed by atoms with Crippen molar-refractivity contribution < 1.29 is 13.7 Å². The Balaban J connectivity index is 1.50. The first-order valence-corrected chi connectivity index (χ1v) is 8.16. The van der Waals surface area contributed by atoms with Crippen LogP contribution < -0.4 is 5.32 Å². The summed E-state index contributed by atoms with van der Waals surface area (Å²) in [4.78, 5) is 17.9. The van der Waals surface area contributed by atoms with Crippen molar-refractivity contribution >= 4 is 5.91 Å². The highest BCUT2D eigenvalue weighted by Gasteiger charge is 2.12. The predicted octanol–water partition coefficient (Wildman–Crippen LogP) is 2.62. The summed E-state index contributed by atoms with van der Waals surface area (Å²) in [6, 6.07) is 11.8. The lowest BCUT2D eigenvalue weighted by molar-refractivity contribution is -0.122. The van der Waals surface area contributed by atoms with Gasteiger partial charge >= 0.3 is 0 Å². The molecule has 0 aliphatic carbocycles. The Labute approximate surface area is 150 Å². The van der Waals surface area contributed by atoms with E-state index in [1.54, 1.807) is 36.7 Å². The second kappa shape index (κ2) is 8.35. The van der Waals surface area contributed by atoms with Crippen LogP contribution >= 0.6 is 0 Å². The number of aromatic nitrogens is 2. The average molecular weight is 354 g/mol. The fraction of sp³-hybridized carbons (Fsp3) is 0.211. The van der Waals surface area contributed by atoms with Crippen LogP contribution in [-0.4, -0.2) is 34.5 Å². The lowest BCUT2D eigenvalue weighted by Crippen LogP contribution is -2.34. The largest absolute Gasteiger partial charge is 0.359 e. The van der Waals surface area contributed by atoms with Crippen molar-refractivity contribution in [1.29, 1.82) is 0 Å². The molecular formula is C19H19FN4O2. The molecule has 26 heavy (non-hydrogen) atoms. The van der Waals surface area contributed by atoms with Crippen LogP contribution in [-0.2, 0) is 17.9 Å². The minimum atomic E-state index is -0.367. The number of hydrogen-bond donors (Lipinski definition) is 1. The third-order valence-electron chi connectivity index (χ3n) is 3.78. The molecule has 0 radical (unpaired) electrons. The molecule has 0 atom stereocenters. The molecule has 0 unspecified atom stereocenters. The number of amides is 1. The Bertz CT molecular complexity index is 867. The number of nitrogens with zero attached hydrogens (tertiary/aromatic N) is 3. The number of halogens is 1. The normalized spacial score (nSPS) is 10.9. The molecular weight excluding hydrogens is 335 g/mol.